The van der Waals surface area contributed by atoms with Crippen molar-refractivity contribution in [3.63, 3.8) is 0 Å². The normalized spacial score (nSPS) is 19.5. The second-order valence-corrected chi connectivity index (χ2v) is 7.35. The van der Waals surface area contributed by atoms with Crippen molar-refractivity contribution in [2.45, 2.75) is 18.6 Å². The number of fused-ring (bicyclic) bond motifs is 2. The Morgan fingerprint density at radius 1 is 0.900 bits per heavy atom. The van der Waals surface area contributed by atoms with Crippen LogP contribution in [-0.4, -0.2) is 29.7 Å². The highest BCUT2D eigenvalue weighted by Gasteiger charge is 2.31. The average molecular weight is 396 g/mol. The summed E-state index contributed by atoms with van der Waals surface area (Å²) in [6, 6.07) is 24.6. The molecule has 2 amide bonds. The molecule has 2 aliphatic heterocycles. The van der Waals surface area contributed by atoms with E-state index in [9.17, 15) is 9.59 Å². The number of rotatable bonds is 3. The summed E-state index contributed by atoms with van der Waals surface area (Å²) in [5.41, 5.74) is 5.07. The summed E-state index contributed by atoms with van der Waals surface area (Å²) >= 11 is 0. The number of nitrogens with one attached hydrogen (secondary N) is 3. The van der Waals surface area contributed by atoms with E-state index in [0.29, 0.717) is 17.8 Å². The predicted octanol–water partition coefficient (Wildman–Crippen LogP) is 2.96. The molecule has 5 rings (SSSR count). The van der Waals surface area contributed by atoms with Gasteiger partial charge in [0.05, 0.1) is 11.4 Å². The smallest absolute Gasteiger partial charge is 0.269 e. The Kier molecular flexibility index (Phi) is 4.52. The van der Waals surface area contributed by atoms with Crippen LogP contribution in [0.4, 0.5) is 11.4 Å². The Morgan fingerprint density at radius 2 is 1.60 bits per heavy atom. The molecule has 3 aromatic rings. The fraction of sp³-hybridized carbons (Fsp3) is 0.125. The number of aliphatic imine (C=N–C) groups is 1. The number of hydrogen-bond donors (Lipinski definition) is 3. The highest BCUT2D eigenvalue weighted by molar-refractivity contribution is 6.19. The summed E-state index contributed by atoms with van der Waals surface area (Å²) in [5, 5.41) is 8.94. The molecule has 1 unspecified atom stereocenters. The van der Waals surface area contributed by atoms with Gasteiger partial charge >= 0.3 is 0 Å². The van der Waals surface area contributed by atoms with Crippen molar-refractivity contribution < 1.29 is 9.59 Å². The Hall–Kier alpha value is -3.93. The van der Waals surface area contributed by atoms with Gasteiger partial charge in [0.25, 0.3) is 5.91 Å². The lowest BCUT2D eigenvalue weighted by Gasteiger charge is -2.17. The lowest BCUT2D eigenvalue weighted by atomic mass is 10.0. The molecule has 2 aliphatic rings. The molecular weight excluding hydrogens is 376 g/mol. The lowest BCUT2D eigenvalue weighted by molar-refractivity contribution is -0.126. The van der Waals surface area contributed by atoms with E-state index in [1.54, 1.807) is 0 Å². The largest absolute Gasteiger partial charge is 0.373 e. The zero-order chi connectivity index (χ0) is 20.5. The van der Waals surface area contributed by atoms with Crippen LogP contribution in [0.1, 0.15) is 16.7 Å². The number of benzodiazepines with no additional fused rings is 1. The summed E-state index contributed by atoms with van der Waals surface area (Å²) in [6.07, 6.45) is -0.447. The van der Waals surface area contributed by atoms with Gasteiger partial charge in [-0.15, -0.1) is 0 Å². The molecule has 0 bridgehead atoms. The molecular formula is C24H20N4O2. The van der Waals surface area contributed by atoms with Crippen molar-refractivity contribution in [2.24, 2.45) is 4.99 Å². The average Bonchev–Trinajstić information content (AvgIpc) is 3.16. The van der Waals surface area contributed by atoms with Crippen molar-refractivity contribution in [1.29, 1.82) is 0 Å². The zero-order valence-electron chi connectivity index (χ0n) is 16.1. The summed E-state index contributed by atoms with van der Waals surface area (Å²) in [6.45, 7) is 0. The lowest BCUT2D eigenvalue weighted by Crippen LogP contribution is -2.48. The first-order valence-electron chi connectivity index (χ1n) is 9.87. The van der Waals surface area contributed by atoms with Crippen molar-refractivity contribution >= 4 is 28.9 Å². The van der Waals surface area contributed by atoms with Crippen LogP contribution < -0.4 is 16.0 Å². The van der Waals surface area contributed by atoms with Crippen molar-refractivity contribution in [2.75, 3.05) is 10.6 Å². The molecule has 6 nitrogen and oxygen atoms in total. The molecule has 3 aromatic carbocycles. The van der Waals surface area contributed by atoms with Gasteiger partial charge in [-0.25, -0.2) is 4.99 Å². The minimum Gasteiger partial charge on any atom is -0.373 e. The molecule has 2 atom stereocenters. The molecule has 0 saturated carbocycles. The van der Waals surface area contributed by atoms with Crippen LogP contribution in [0.15, 0.2) is 83.9 Å². The van der Waals surface area contributed by atoms with Crippen LogP contribution in [0.2, 0.25) is 0 Å². The second-order valence-electron chi connectivity index (χ2n) is 7.35. The van der Waals surface area contributed by atoms with E-state index in [1.165, 1.54) is 0 Å². The molecule has 0 aromatic heterocycles. The van der Waals surface area contributed by atoms with E-state index in [-0.39, 0.29) is 11.8 Å². The summed E-state index contributed by atoms with van der Waals surface area (Å²) < 4.78 is 0. The standard InChI is InChI=1S/C24H20N4O2/c29-23(20-14-16-10-4-6-12-18(16)25-20)28-22-24(30)26-19-13-7-5-11-17(19)21(27-22)15-8-2-1-3-9-15/h1-13,20,22,25H,14H2,(H,26,30)(H,28,29)/t20?,22-/m1/s1. The molecule has 0 aliphatic carbocycles. The molecule has 30 heavy (non-hydrogen) atoms. The highest BCUT2D eigenvalue weighted by atomic mass is 16.2. The molecule has 6 heteroatoms. The molecule has 0 radical (unpaired) electrons. The predicted molar refractivity (Wildman–Crippen MR) is 117 cm³/mol. The Bertz CT molecular complexity index is 1130. The first-order chi connectivity index (χ1) is 14.7. The maximum Gasteiger partial charge on any atom is 0.269 e. The van der Waals surface area contributed by atoms with Crippen LogP contribution >= 0.6 is 0 Å². The van der Waals surface area contributed by atoms with Gasteiger partial charge in [0, 0.05) is 23.2 Å². The Morgan fingerprint density at radius 3 is 2.40 bits per heavy atom. The number of para-hydroxylation sites is 2. The van der Waals surface area contributed by atoms with Gasteiger partial charge in [0.1, 0.15) is 6.04 Å². The maximum absolute atomic E-state index is 12.9. The van der Waals surface area contributed by atoms with Gasteiger partial charge in [-0.3, -0.25) is 9.59 Å². The summed E-state index contributed by atoms with van der Waals surface area (Å²) in [7, 11) is 0. The van der Waals surface area contributed by atoms with Gasteiger partial charge in [0.2, 0.25) is 12.1 Å². The van der Waals surface area contributed by atoms with Crippen LogP contribution in [0.3, 0.4) is 0 Å². The Labute approximate surface area is 174 Å². The van der Waals surface area contributed by atoms with E-state index in [0.717, 1.165) is 22.4 Å². The number of amides is 2. The SMILES string of the molecule is O=C(N[C@H]1N=C(c2ccccc2)c2ccccc2NC1=O)C1Cc2ccccc2N1. The minimum atomic E-state index is -1.02. The van der Waals surface area contributed by atoms with Gasteiger partial charge in [-0.2, -0.15) is 0 Å². The van der Waals surface area contributed by atoms with E-state index < -0.39 is 12.2 Å². The number of anilines is 2. The van der Waals surface area contributed by atoms with E-state index in [4.69, 9.17) is 0 Å². The Balaban J connectivity index is 1.45. The number of nitrogens with zero attached hydrogens (tertiary/aromatic N) is 1. The first kappa shape index (κ1) is 18.1. The second kappa shape index (κ2) is 7.48. The number of carbonyl (C=O) groups excluding carboxylic acids is 2. The molecule has 0 fully saturated rings. The topological polar surface area (TPSA) is 82.6 Å². The van der Waals surface area contributed by atoms with Crippen LogP contribution in [-0.2, 0) is 16.0 Å². The quantitative estimate of drug-likeness (QED) is 0.637. The third-order valence-corrected chi connectivity index (χ3v) is 5.36. The fourth-order valence-corrected chi connectivity index (χ4v) is 3.87. The fourth-order valence-electron chi connectivity index (χ4n) is 3.87. The number of hydrogen-bond acceptors (Lipinski definition) is 4. The number of benzene rings is 3. The van der Waals surface area contributed by atoms with Crippen LogP contribution in [0.5, 0.6) is 0 Å². The van der Waals surface area contributed by atoms with Crippen LogP contribution in [0, 0.1) is 0 Å². The van der Waals surface area contributed by atoms with E-state index >= 15 is 0 Å². The monoisotopic (exact) mass is 396 g/mol. The van der Waals surface area contributed by atoms with Crippen molar-refractivity contribution in [3.8, 4) is 0 Å². The summed E-state index contributed by atoms with van der Waals surface area (Å²) in [5.74, 6) is -0.620. The van der Waals surface area contributed by atoms with Gasteiger partial charge in [0.15, 0.2) is 0 Å². The third kappa shape index (κ3) is 3.33. The maximum atomic E-state index is 12.9. The van der Waals surface area contributed by atoms with Gasteiger partial charge in [-0.05, 0) is 17.7 Å². The summed E-state index contributed by atoms with van der Waals surface area (Å²) in [4.78, 5) is 30.5. The van der Waals surface area contributed by atoms with Crippen LogP contribution in [0.25, 0.3) is 0 Å². The highest BCUT2D eigenvalue weighted by Crippen LogP contribution is 2.26. The van der Waals surface area contributed by atoms with E-state index in [1.807, 2.05) is 78.9 Å². The molecule has 0 saturated heterocycles. The molecule has 148 valence electrons. The molecule has 2 heterocycles. The van der Waals surface area contributed by atoms with Crippen molar-refractivity contribution in [3.05, 3.63) is 95.6 Å². The van der Waals surface area contributed by atoms with Crippen molar-refractivity contribution in [1.82, 2.24) is 5.32 Å². The first-order valence-corrected chi connectivity index (χ1v) is 9.87. The van der Waals surface area contributed by atoms with Gasteiger partial charge in [-0.1, -0.05) is 66.7 Å². The minimum absolute atomic E-state index is 0.256. The third-order valence-electron chi connectivity index (χ3n) is 5.36. The zero-order valence-corrected chi connectivity index (χ0v) is 16.1. The van der Waals surface area contributed by atoms with E-state index in [2.05, 4.69) is 20.9 Å². The number of carbonyl (C=O) groups is 2. The molecule has 0 spiro atoms. The molecule has 3 N–H and O–H groups in total. The van der Waals surface area contributed by atoms with Gasteiger partial charge < -0.3 is 16.0 Å².